The van der Waals surface area contributed by atoms with Crippen LogP contribution in [0.3, 0.4) is 0 Å². The van der Waals surface area contributed by atoms with Gasteiger partial charge in [0.25, 0.3) is 0 Å². The van der Waals surface area contributed by atoms with Crippen LogP contribution >= 0.6 is 0 Å². The van der Waals surface area contributed by atoms with Gasteiger partial charge < -0.3 is 9.52 Å². The molecular weight excluding hydrogens is 472 g/mol. The predicted octanol–water partition coefficient (Wildman–Crippen LogP) is 5.79. The topological polar surface area (TPSA) is 56.9 Å². The second kappa shape index (κ2) is 9.69. The van der Waals surface area contributed by atoms with Crippen molar-refractivity contribution in [3.63, 3.8) is 0 Å². The van der Waals surface area contributed by atoms with Crippen LogP contribution in [0.15, 0.2) is 63.3 Å². The van der Waals surface area contributed by atoms with E-state index >= 15 is 0 Å². The first kappa shape index (κ1) is 24.2. The molecule has 5 heteroatoms. The Bertz CT molecular complexity index is 1440. The molecule has 198 valence electrons. The molecule has 1 aromatic heterocycles. The minimum atomic E-state index is -0.297. The van der Waals surface area contributed by atoms with Crippen molar-refractivity contribution in [2.45, 2.75) is 70.5 Å². The van der Waals surface area contributed by atoms with Crippen molar-refractivity contribution < 1.29 is 9.52 Å². The molecule has 1 aliphatic carbocycles. The molecule has 4 atom stereocenters. The van der Waals surface area contributed by atoms with Crippen LogP contribution in [0.1, 0.15) is 60.8 Å². The minimum absolute atomic E-state index is 0.223. The minimum Gasteiger partial charge on any atom is -0.507 e. The molecule has 3 saturated heterocycles. The Hall–Kier alpha value is -2.89. The zero-order chi connectivity index (χ0) is 25.8. The number of benzene rings is 2. The maximum absolute atomic E-state index is 13.2. The van der Waals surface area contributed by atoms with E-state index in [0.717, 1.165) is 41.1 Å². The Kier molecular flexibility index (Phi) is 6.17. The standard InChI is InChI=1S/C33H38N2O3/c1-21-26-12-13-30(36)28(32(26)38-33(37)27(21)16-22-8-3-2-4-9-22)20-35-15-7-10-23-17-24-18-25(31(23)35)19-34-14-6-5-11-29(24)34/h2-4,8-9,12-13,17,24-25,29,31,36H,5-7,10-11,14-16,18-20H2,1H3/t24?,25?,29-,31-/m1/s1. The zero-order valence-corrected chi connectivity index (χ0v) is 22.4. The highest BCUT2D eigenvalue weighted by molar-refractivity contribution is 5.85. The lowest BCUT2D eigenvalue weighted by molar-refractivity contribution is -0.00274. The average Bonchev–Trinajstić information content (AvgIpc) is 2.93. The average molecular weight is 511 g/mol. The van der Waals surface area contributed by atoms with Crippen molar-refractivity contribution >= 4 is 11.0 Å². The van der Waals surface area contributed by atoms with Crippen LogP contribution in [0.2, 0.25) is 0 Å². The lowest BCUT2D eigenvalue weighted by Gasteiger charge is -2.54. The van der Waals surface area contributed by atoms with Crippen molar-refractivity contribution in [1.29, 1.82) is 0 Å². The van der Waals surface area contributed by atoms with Gasteiger partial charge in [-0.2, -0.15) is 0 Å². The fourth-order valence-corrected chi connectivity index (χ4v) is 8.12. The van der Waals surface area contributed by atoms with Gasteiger partial charge in [-0.1, -0.05) is 48.4 Å². The van der Waals surface area contributed by atoms with Gasteiger partial charge in [-0.25, -0.2) is 4.79 Å². The Balaban J connectivity index is 1.23. The molecule has 0 spiro atoms. The maximum atomic E-state index is 13.2. The van der Waals surface area contributed by atoms with Crippen LogP contribution in [-0.4, -0.2) is 46.6 Å². The van der Waals surface area contributed by atoms with Gasteiger partial charge in [0.05, 0.1) is 5.56 Å². The first-order valence-electron chi connectivity index (χ1n) is 14.6. The Labute approximate surface area is 224 Å². The number of hydrogen-bond donors (Lipinski definition) is 1. The number of phenols is 1. The van der Waals surface area contributed by atoms with E-state index in [2.05, 4.69) is 15.9 Å². The van der Waals surface area contributed by atoms with Crippen LogP contribution in [0.25, 0.3) is 11.0 Å². The number of aryl methyl sites for hydroxylation is 1. The van der Waals surface area contributed by atoms with E-state index in [1.54, 1.807) is 11.6 Å². The smallest absolute Gasteiger partial charge is 0.340 e. The second-order valence-electron chi connectivity index (χ2n) is 12.1. The quantitative estimate of drug-likeness (QED) is 0.356. The molecule has 2 bridgehead atoms. The summed E-state index contributed by atoms with van der Waals surface area (Å²) in [5.41, 5.74) is 5.36. The van der Waals surface area contributed by atoms with Gasteiger partial charge in [-0.05, 0) is 87.2 Å². The van der Waals surface area contributed by atoms with Crippen molar-refractivity contribution in [2.75, 3.05) is 19.6 Å². The predicted molar refractivity (Wildman–Crippen MR) is 150 cm³/mol. The molecule has 4 aliphatic rings. The van der Waals surface area contributed by atoms with Gasteiger partial charge in [0.2, 0.25) is 0 Å². The summed E-state index contributed by atoms with van der Waals surface area (Å²) in [6.07, 6.45) is 10.9. The van der Waals surface area contributed by atoms with Gasteiger partial charge in [-0.15, -0.1) is 0 Å². The van der Waals surface area contributed by atoms with Crippen LogP contribution < -0.4 is 5.63 Å². The van der Waals surface area contributed by atoms with E-state index in [9.17, 15) is 9.90 Å². The molecule has 3 fully saturated rings. The number of aromatic hydroxyl groups is 1. The summed E-state index contributed by atoms with van der Waals surface area (Å²) in [5.74, 6) is 1.56. The fourth-order valence-electron chi connectivity index (χ4n) is 8.12. The molecule has 0 amide bonds. The van der Waals surface area contributed by atoms with Crippen molar-refractivity contribution in [3.05, 3.63) is 86.8 Å². The molecule has 0 radical (unpaired) electrons. The van der Waals surface area contributed by atoms with E-state index in [1.807, 2.05) is 43.3 Å². The number of hydrogen-bond acceptors (Lipinski definition) is 5. The van der Waals surface area contributed by atoms with Gasteiger partial charge in [0.1, 0.15) is 11.3 Å². The number of rotatable bonds is 4. The molecule has 0 saturated carbocycles. The van der Waals surface area contributed by atoms with Crippen molar-refractivity contribution in [2.24, 2.45) is 11.8 Å². The SMILES string of the molecule is Cc1c(Cc2ccccc2)c(=O)oc2c(CN3CCCC4=CC5CC(CN6CCCC[C@H]56)[C@@H]43)c(O)ccc12. The lowest BCUT2D eigenvalue weighted by Crippen LogP contribution is -2.59. The number of nitrogens with zero attached hydrogens (tertiary/aromatic N) is 2. The molecule has 2 aromatic carbocycles. The molecular formula is C33H38N2O3. The first-order valence-corrected chi connectivity index (χ1v) is 14.6. The highest BCUT2D eigenvalue weighted by Crippen LogP contribution is 2.46. The molecule has 3 aliphatic heterocycles. The summed E-state index contributed by atoms with van der Waals surface area (Å²) in [5, 5.41) is 12.0. The molecule has 38 heavy (non-hydrogen) atoms. The fraction of sp³-hybridized carbons (Fsp3) is 0.485. The molecule has 7 rings (SSSR count). The van der Waals surface area contributed by atoms with Crippen LogP contribution in [0, 0.1) is 18.8 Å². The van der Waals surface area contributed by atoms with E-state index in [-0.39, 0.29) is 11.4 Å². The van der Waals surface area contributed by atoms with Crippen molar-refractivity contribution in [1.82, 2.24) is 9.80 Å². The van der Waals surface area contributed by atoms with Crippen LogP contribution in [0.4, 0.5) is 0 Å². The zero-order valence-electron chi connectivity index (χ0n) is 22.4. The van der Waals surface area contributed by atoms with Crippen molar-refractivity contribution in [3.8, 4) is 5.75 Å². The van der Waals surface area contributed by atoms with Crippen LogP contribution in [0.5, 0.6) is 5.75 Å². The molecule has 3 aromatic rings. The third-order valence-electron chi connectivity index (χ3n) is 9.88. The van der Waals surface area contributed by atoms with Gasteiger partial charge in [0.15, 0.2) is 0 Å². The summed E-state index contributed by atoms with van der Waals surface area (Å²) in [4.78, 5) is 18.6. The summed E-state index contributed by atoms with van der Waals surface area (Å²) in [6, 6.07) is 14.9. The molecule has 2 unspecified atom stereocenters. The summed E-state index contributed by atoms with van der Waals surface area (Å²) >= 11 is 0. The van der Waals surface area contributed by atoms with E-state index < -0.39 is 0 Å². The number of fused-ring (bicyclic) bond motifs is 7. The monoisotopic (exact) mass is 510 g/mol. The summed E-state index contributed by atoms with van der Waals surface area (Å²) in [6.45, 7) is 6.07. The van der Waals surface area contributed by atoms with Gasteiger partial charge >= 0.3 is 5.63 Å². The van der Waals surface area contributed by atoms with Crippen LogP contribution in [-0.2, 0) is 13.0 Å². The largest absolute Gasteiger partial charge is 0.507 e. The van der Waals surface area contributed by atoms with Gasteiger partial charge in [-0.3, -0.25) is 9.80 Å². The Morgan fingerprint density at radius 3 is 2.76 bits per heavy atom. The molecule has 5 nitrogen and oxygen atoms in total. The number of likely N-dealkylation sites (tertiary alicyclic amines) is 1. The third-order valence-corrected chi connectivity index (χ3v) is 9.88. The second-order valence-corrected chi connectivity index (χ2v) is 12.1. The van der Waals surface area contributed by atoms with Gasteiger partial charge in [0, 0.05) is 42.5 Å². The normalized spacial score (nSPS) is 27.6. The Morgan fingerprint density at radius 1 is 1.03 bits per heavy atom. The highest BCUT2D eigenvalue weighted by atomic mass is 16.4. The first-order chi connectivity index (χ1) is 18.6. The summed E-state index contributed by atoms with van der Waals surface area (Å²) in [7, 11) is 0. The lowest BCUT2D eigenvalue weighted by atomic mass is 9.68. The van der Waals surface area contributed by atoms with E-state index in [4.69, 9.17) is 4.42 Å². The molecule has 4 heterocycles. The third kappa shape index (κ3) is 4.11. The van der Waals surface area contributed by atoms with E-state index in [0.29, 0.717) is 42.0 Å². The molecule has 1 N–H and O–H groups in total. The number of phenolic OH excluding ortho intramolecular Hbond substituents is 1. The maximum Gasteiger partial charge on any atom is 0.340 e. The summed E-state index contributed by atoms with van der Waals surface area (Å²) < 4.78 is 6.02. The Morgan fingerprint density at radius 2 is 1.89 bits per heavy atom. The van der Waals surface area contributed by atoms with E-state index in [1.165, 1.54) is 45.2 Å². The number of piperidine rings is 3. The highest BCUT2D eigenvalue weighted by Gasteiger charge is 2.46.